The van der Waals surface area contributed by atoms with E-state index in [-0.39, 0.29) is 16.7 Å². The van der Waals surface area contributed by atoms with Gasteiger partial charge in [0, 0.05) is 23.1 Å². The highest BCUT2D eigenvalue weighted by molar-refractivity contribution is 8.13. The molecule has 1 fully saturated rings. The number of carbonyl (C=O) groups is 1. The van der Waals surface area contributed by atoms with Crippen LogP contribution in [0.2, 0.25) is 0 Å². The molecule has 1 N–H and O–H groups in total. The maximum Gasteiger partial charge on any atom is 0.261 e. The smallest absolute Gasteiger partial charge is 0.261 e. The van der Waals surface area contributed by atoms with Crippen LogP contribution in [0, 0.1) is 5.92 Å². The first kappa shape index (κ1) is 13.4. The molecule has 1 saturated carbocycles. The van der Waals surface area contributed by atoms with E-state index in [0.29, 0.717) is 13.0 Å². The quantitative estimate of drug-likeness (QED) is 0.838. The van der Waals surface area contributed by atoms with E-state index >= 15 is 0 Å². The van der Waals surface area contributed by atoms with Gasteiger partial charge in [0.1, 0.15) is 0 Å². The fourth-order valence-electron chi connectivity index (χ4n) is 1.64. The molecule has 0 spiro atoms. The van der Waals surface area contributed by atoms with Crippen LogP contribution in [0.5, 0.6) is 0 Å². The molecule has 4 nitrogen and oxygen atoms in total. The molecule has 0 saturated heterocycles. The molecule has 2 rings (SSSR count). The maximum atomic E-state index is 11.4. The van der Waals surface area contributed by atoms with Crippen molar-refractivity contribution in [1.82, 2.24) is 5.32 Å². The molecule has 1 amide bonds. The third-order valence-electron chi connectivity index (χ3n) is 2.87. The monoisotopic (exact) mass is 287 g/mol. The van der Waals surface area contributed by atoms with Crippen LogP contribution >= 0.6 is 10.7 Å². The van der Waals surface area contributed by atoms with Crippen LogP contribution < -0.4 is 5.32 Å². The molecule has 0 heterocycles. The number of carbonyl (C=O) groups excluding carboxylic acids is 1. The summed E-state index contributed by atoms with van der Waals surface area (Å²) in [5.41, 5.74) is 0.968. The van der Waals surface area contributed by atoms with E-state index in [4.69, 9.17) is 10.7 Å². The van der Waals surface area contributed by atoms with Crippen molar-refractivity contribution in [3.63, 3.8) is 0 Å². The van der Waals surface area contributed by atoms with Crippen LogP contribution in [0.25, 0.3) is 0 Å². The lowest BCUT2D eigenvalue weighted by Crippen LogP contribution is -2.26. The second-order valence-corrected chi connectivity index (χ2v) is 6.96. The van der Waals surface area contributed by atoms with Crippen LogP contribution in [0.1, 0.15) is 18.4 Å². The highest BCUT2D eigenvalue weighted by Gasteiger charge is 2.28. The van der Waals surface area contributed by atoms with Crippen LogP contribution in [0.4, 0.5) is 0 Å². The number of nitrogens with one attached hydrogen (secondary N) is 1. The lowest BCUT2D eigenvalue weighted by Gasteiger charge is -2.04. The van der Waals surface area contributed by atoms with Crippen LogP contribution in [-0.2, 0) is 20.3 Å². The molecule has 98 valence electrons. The highest BCUT2D eigenvalue weighted by atomic mass is 35.7. The Morgan fingerprint density at radius 3 is 2.39 bits per heavy atom. The number of hydrogen-bond donors (Lipinski definition) is 1. The van der Waals surface area contributed by atoms with Crippen LogP contribution in [0.15, 0.2) is 29.2 Å². The van der Waals surface area contributed by atoms with Gasteiger partial charge in [0.2, 0.25) is 5.91 Å². The summed E-state index contributed by atoms with van der Waals surface area (Å²) in [5.74, 6) is 0.337. The Hall–Kier alpha value is -1.07. The van der Waals surface area contributed by atoms with Gasteiger partial charge in [-0.15, -0.1) is 0 Å². The third-order valence-corrected chi connectivity index (χ3v) is 4.24. The molecule has 1 aromatic rings. The standard InChI is InChI=1S/C12H14ClNO3S/c13-18(16,17)11-5-1-9(2-6-11)7-8-14-12(15)10-3-4-10/h1-2,5-6,10H,3-4,7-8H2,(H,14,15). The van der Waals surface area contributed by atoms with Gasteiger partial charge < -0.3 is 5.32 Å². The van der Waals surface area contributed by atoms with E-state index in [1.165, 1.54) is 12.1 Å². The predicted octanol–water partition coefficient (Wildman–Crippen LogP) is 1.68. The maximum absolute atomic E-state index is 11.4. The molecule has 0 unspecified atom stereocenters. The number of benzene rings is 1. The van der Waals surface area contributed by atoms with Crippen LogP contribution in [0.3, 0.4) is 0 Å². The normalized spacial score (nSPS) is 15.4. The summed E-state index contributed by atoms with van der Waals surface area (Å²) in [6.07, 6.45) is 2.67. The van der Waals surface area contributed by atoms with Gasteiger partial charge in [0.25, 0.3) is 9.05 Å². The molecular formula is C12H14ClNO3S. The van der Waals surface area contributed by atoms with E-state index in [1.807, 2.05) is 0 Å². The summed E-state index contributed by atoms with van der Waals surface area (Å²) < 4.78 is 22.1. The summed E-state index contributed by atoms with van der Waals surface area (Å²) in [4.78, 5) is 11.5. The van der Waals surface area contributed by atoms with Gasteiger partial charge in [-0.1, -0.05) is 12.1 Å². The average molecular weight is 288 g/mol. The van der Waals surface area contributed by atoms with Crippen molar-refractivity contribution in [2.45, 2.75) is 24.2 Å². The Labute approximate surface area is 111 Å². The zero-order chi connectivity index (χ0) is 13.2. The summed E-state index contributed by atoms with van der Waals surface area (Å²) in [6.45, 7) is 0.572. The van der Waals surface area contributed by atoms with Crippen molar-refractivity contribution in [3.8, 4) is 0 Å². The van der Waals surface area contributed by atoms with E-state index in [2.05, 4.69) is 5.32 Å². The SMILES string of the molecule is O=C(NCCc1ccc(S(=O)(=O)Cl)cc1)C1CC1. The van der Waals surface area contributed by atoms with Gasteiger partial charge in [0.15, 0.2) is 0 Å². The number of rotatable bonds is 5. The average Bonchev–Trinajstić information content (AvgIpc) is 3.12. The van der Waals surface area contributed by atoms with Crippen molar-refractivity contribution in [1.29, 1.82) is 0 Å². The van der Waals surface area contributed by atoms with E-state index in [1.54, 1.807) is 12.1 Å². The van der Waals surface area contributed by atoms with Gasteiger partial charge >= 0.3 is 0 Å². The zero-order valence-corrected chi connectivity index (χ0v) is 11.3. The van der Waals surface area contributed by atoms with Gasteiger partial charge in [-0.3, -0.25) is 4.79 Å². The van der Waals surface area contributed by atoms with Gasteiger partial charge in [-0.2, -0.15) is 0 Å². The number of hydrogen-bond acceptors (Lipinski definition) is 3. The van der Waals surface area contributed by atoms with Crippen molar-refractivity contribution < 1.29 is 13.2 Å². The molecule has 0 atom stereocenters. The molecule has 1 aromatic carbocycles. The van der Waals surface area contributed by atoms with E-state index < -0.39 is 9.05 Å². The minimum Gasteiger partial charge on any atom is -0.356 e. The Bertz CT molecular complexity index is 535. The summed E-state index contributed by atoms with van der Waals surface area (Å²) in [6, 6.07) is 6.36. The molecule has 1 aliphatic carbocycles. The molecule has 1 aliphatic rings. The van der Waals surface area contributed by atoms with Crippen LogP contribution in [-0.4, -0.2) is 20.9 Å². The topological polar surface area (TPSA) is 63.2 Å². The first-order valence-corrected chi connectivity index (χ1v) is 8.09. The Balaban J connectivity index is 1.84. The van der Waals surface area contributed by atoms with Crippen molar-refractivity contribution in [2.24, 2.45) is 5.92 Å². The van der Waals surface area contributed by atoms with Gasteiger partial charge in [-0.05, 0) is 37.0 Å². The number of amides is 1. The van der Waals surface area contributed by atoms with Gasteiger partial charge in [-0.25, -0.2) is 8.42 Å². The van der Waals surface area contributed by atoms with Crippen molar-refractivity contribution in [3.05, 3.63) is 29.8 Å². The molecular weight excluding hydrogens is 274 g/mol. The lowest BCUT2D eigenvalue weighted by atomic mass is 10.1. The van der Waals surface area contributed by atoms with Crippen molar-refractivity contribution >= 4 is 25.6 Å². The second kappa shape index (κ2) is 5.28. The van der Waals surface area contributed by atoms with Gasteiger partial charge in [0.05, 0.1) is 4.90 Å². The fraction of sp³-hybridized carbons (Fsp3) is 0.417. The highest BCUT2D eigenvalue weighted by Crippen LogP contribution is 2.28. The van der Waals surface area contributed by atoms with E-state index in [9.17, 15) is 13.2 Å². The predicted molar refractivity (Wildman–Crippen MR) is 68.9 cm³/mol. The minimum atomic E-state index is -3.65. The molecule has 0 radical (unpaired) electrons. The number of halogens is 1. The second-order valence-electron chi connectivity index (χ2n) is 4.40. The Morgan fingerprint density at radius 2 is 1.89 bits per heavy atom. The minimum absolute atomic E-state index is 0.0925. The molecule has 18 heavy (non-hydrogen) atoms. The lowest BCUT2D eigenvalue weighted by molar-refractivity contribution is -0.122. The van der Waals surface area contributed by atoms with E-state index in [0.717, 1.165) is 18.4 Å². The largest absolute Gasteiger partial charge is 0.356 e. The first-order chi connectivity index (χ1) is 8.47. The Kier molecular flexibility index (Phi) is 3.92. The molecule has 6 heteroatoms. The summed E-state index contributed by atoms with van der Waals surface area (Å²) >= 11 is 0. The van der Waals surface area contributed by atoms with Crippen molar-refractivity contribution in [2.75, 3.05) is 6.54 Å². The molecule has 0 aliphatic heterocycles. The first-order valence-electron chi connectivity index (χ1n) is 5.78. The fourth-order valence-corrected chi connectivity index (χ4v) is 2.41. The molecule has 0 bridgehead atoms. The third kappa shape index (κ3) is 3.71. The zero-order valence-electron chi connectivity index (χ0n) is 9.73. The summed E-state index contributed by atoms with van der Waals surface area (Å²) in [7, 11) is 1.56. The Morgan fingerprint density at radius 1 is 1.28 bits per heavy atom. The summed E-state index contributed by atoms with van der Waals surface area (Å²) in [5, 5.41) is 2.85. The molecule has 0 aromatic heterocycles.